The monoisotopic (exact) mass is 190 g/mol. The van der Waals surface area contributed by atoms with Crippen molar-refractivity contribution in [2.24, 2.45) is 0 Å². The quantitative estimate of drug-likeness (QED) is 0.565. The van der Waals surface area contributed by atoms with Crippen molar-refractivity contribution in [2.75, 3.05) is 0 Å². The van der Waals surface area contributed by atoms with E-state index >= 15 is 0 Å². The van der Waals surface area contributed by atoms with E-state index in [9.17, 15) is 14.7 Å². The zero-order chi connectivity index (χ0) is 10.5. The maximum atomic E-state index is 10.3. The minimum atomic E-state index is -1.38. The van der Waals surface area contributed by atoms with Crippen LogP contribution in [0.5, 0.6) is 0 Å². The van der Waals surface area contributed by atoms with Crippen LogP contribution in [0.2, 0.25) is 0 Å². The Morgan fingerprint density at radius 3 is 2.08 bits per heavy atom. The second-order valence-electron chi connectivity index (χ2n) is 3.04. The van der Waals surface area contributed by atoms with Crippen LogP contribution < -0.4 is 0 Å². The molecular formula is C8H14O5. The van der Waals surface area contributed by atoms with Crippen LogP contribution in [-0.4, -0.2) is 32.9 Å². The summed E-state index contributed by atoms with van der Waals surface area (Å²) in [5, 5.41) is 26.4. The van der Waals surface area contributed by atoms with Crippen LogP contribution in [0, 0.1) is 0 Å². The molecule has 5 nitrogen and oxygen atoms in total. The predicted octanol–water partition coefficient (Wildman–Crippen LogP) is 0.467. The molecule has 0 saturated carbocycles. The van der Waals surface area contributed by atoms with Gasteiger partial charge < -0.3 is 15.3 Å². The van der Waals surface area contributed by atoms with Gasteiger partial charge in [0, 0.05) is 6.42 Å². The molecule has 0 heterocycles. The number of carboxylic acids is 2. The van der Waals surface area contributed by atoms with E-state index in [0.29, 0.717) is 0 Å². The highest BCUT2D eigenvalue weighted by molar-refractivity contribution is 5.69. The van der Waals surface area contributed by atoms with Gasteiger partial charge in [-0.15, -0.1) is 0 Å². The second-order valence-corrected chi connectivity index (χ2v) is 3.04. The summed E-state index contributed by atoms with van der Waals surface area (Å²) in [6, 6.07) is 0. The van der Waals surface area contributed by atoms with Crippen LogP contribution in [0.3, 0.4) is 0 Å². The summed E-state index contributed by atoms with van der Waals surface area (Å²) in [7, 11) is 0. The van der Waals surface area contributed by atoms with Crippen molar-refractivity contribution in [3.8, 4) is 0 Å². The van der Waals surface area contributed by atoms with Crippen LogP contribution >= 0.6 is 0 Å². The van der Waals surface area contributed by atoms with Gasteiger partial charge in [0.25, 0.3) is 0 Å². The number of carbonyl (C=O) groups is 2. The Morgan fingerprint density at radius 2 is 1.77 bits per heavy atom. The van der Waals surface area contributed by atoms with Gasteiger partial charge in [0.05, 0.1) is 12.0 Å². The lowest BCUT2D eigenvalue weighted by atomic mass is 9.91. The van der Waals surface area contributed by atoms with Crippen molar-refractivity contribution in [1.29, 1.82) is 0 Å². The Bertz CT molecular complexity index is 201. The number of aliphatic carboxylic acids is 2. The van der Waals surface area contributed by atoms with Gasteiger partial charge in [-0.2, -0.15) is 0 Å². The first-order valence-corrected chi connectivity index (χ1v) is 4.05. The lowest BCUT2D eigenvalue weighted by Gasteiger charge is -2.23. The molecule has 76 valence electrons. The van der Waals surface area contributed by atoms with Crippen LogP contribution in [0.25, 0.3) is 0 Å². The maximum Gasteiger partial charge on any atom is 0.306 e. The fourth-order valence-corrected chi connectivity index (χ4v) is 1.01. The van der Waals surface area contributed by atoms with Crippen molar-refractivity contribution in [3.05, 3.63) is 0 Å². The lowest BCUT2D eigenvalue weighted by Crippen LogP contribution is -2.31. The van der Waals surface area contributed by atoms with Crippen molar-refractivity contribution in [3.63, 3.8) is 0 Å². The Morgan fingerprint density at radius 1 is 1.23 bits per heavy atom. The molecule has 0 rings (SSSR count). The van der Waals surface area contributed by atoms with E-state index < -0.39 is 24.0 Å². The maximum absolute atomic E-state index is 10.3. The molecule has 0 aromatic rings. The first-order chi connectivity index (χ1) is 5.89. The molecule has 0 amide bonds. The highest BCUT2D eigenvalue weighted by Gasteiger charge is 2.28. The first kappa shape index (κ1) is 11.9. The van der Waals surface area contributed by atoms with Crippen molar-refractivity contribution >= 4 is 11.9 Å². The Kier molecular flexibility index (Phi) is 4.40. The highest BCUT2D eigenvalue weighted by Crippen LogP contribution is 2.21. The van der Waals surface area contributed by atoms with E-state index in [-0.39, 0.29) is 19.3 Å². The summed E-state index contributed by atoms with van der Waals surface area (Å²) >= 11 is 0. The second kappa shape index (κ2) is 4.81. The number of rotatable bonds is 6. The van der Waals surface area contributed by atoms with Gasteiger partial charge in [0.1, 0.15) is 0 Å². The molecule has 0 aromatic carbocycles. The number of aliphatic hydroxyl groups is 1. The van der Waals surface area contributed by atoms with Gasteiger partial charge in [0.15, 0.2) is 0 Å². The van der Waals surface area contributed by atoms with E-state index in [1.807, 2.05) is 0 Å². The standard InChI is InChI=1S/C8H14O5/c1-2-8(13,5-7(11)12)4-3-6(9)10/h13H,2-5H2,1H3,(H,9,10)(H,11,12). The summed E-state index contributed by atoms with van der Waals surface area (Å²) in [4.78, 5) is 20.5. The predicted molar refractivity (Wildman–Crippen MR) is 44.4 cm³/mol. The van der Waals surface area contributed by atoms with E-state index in [1.54, 1.807) is 6.92 Å². The van der Waals surface area contributed by atoms with Gasteiger partial charge in [0.2, 0.25) is 0 Å². The molecule has 0 fully saturated rings. The summed E-state index contributed by atoms with van der Waals surface area (Å²) < 4.78 is 0. The number of carboxylic acid groups (broad SMARTS) is 2. The number of hydrogen-bond acceptors (Lipinski definition) is 3. The average molecular weight is 190 g/mol. The fourth-order valence-electron chi connectivity index (χ4n) is 1.01. The van der Waals surface area contributed by atoms with Crippen LogP contribution in [0.4, 0.5) is 0 Å². The molecule has 5 heteroatoms. The smallest absolute Gasteiger partial charge is 0.306 e. The molecule has 3 N–H and O–H groups in total. The van der Waals surface area contributed by atoms with Crippen molar-refractivity contribution in [1.82, 2.24) is 0 Å². The first-order valence-electron chi connectivity index (χ1n) is 4.05. The zero-order valence-corrected chi connectivity index (χ0v) is 7.49. The van der Waals surface area contributed by atoms with E-state index in [0.717, 1.165) is 0 Å². The minimum Gasteiger partial charge on any atom is -0.481 e. The summed E-state index contributed by atoms with van der Waals surface area (Å²) in [6.45, 7) is 1.63. The van der Waals surface area contributed by atoms with Crippen LogP contribution in [-0.2, 0) is 9.59 Å². The number of hydrogen-bond donors (Lipinski definition) is 3. The molecule has 13 heavy (non-hydrogen) atoms. The van der Waals surface area contributed by atoms with Crippen molar-refractivity contribution in [2.45, 2.75) is 38.2 Å². The van der Waals surface area contributed by atoms with E-state index in [2.05, 4.69) is 0 Å². The van der Waals surface area contributed by atoms with E-state index in [1.165, 1.54) is 0 Å². The zero-order valence-electron chi connectivity index (χ0n) is 7.49. The summed E-state index contributed by atoms with van der Waals surface area (Å²) in [6.07, 6.45) is -0.397. The average Bonchev–Trinajstić information content (AvgIpc) is 2.00. The molecule has 0 aromatic heterocycles. The molecule has 0 saturated heterocycles. The van der Waals surface area contributed by atoms with Gasteiger partial charge >= 0.3 is 11.9 Å². The van der Waals surface area contributed by atoms with Gasteiger partial charge in [-0.1, -0.05) is 6.92 Å². The molecule has 0 spiro atoms. The third-order valence-corrected chi connectivity index (χ3v) is 1.94. The SMILES string of the molecule is CCC(O)(CCC(=O)O)CC(=O)O. The van der Waals surface area contributed by atoms with Gasteiger partial charge in [-0.25, -0.2) is 0 Å². The van der Waals surface area contributed by atoms with Gasteiger partial charge in [-0.3, -0.25) is 9.59 Å². The molecular weight excluding hydrogens is 176 g/mol. The Labute approximate surface area is 76.0 Å². The Balaban J connectivity index is 4.10. The minimum absolute atomic E-state index is 0.0227. The molecule has 1 unspecified atom stereocenters. The topological polar surface area (TPSA) is 94.8 Å². The Hall–Kier alpha value is -1.10. The van der Waals surface area contributed by atoms with Crippen molar-refractivity contribution < 1.29 is 24.9 Å². The molecule has 0 bridgehead atoms. The third-order valence-electron chi connectivity index (χ3n) is 1.94. The fraction of sp³-hybridized carbons (Fsp3) is 0.750. The molecule has 0 aliphatic rings. The molecule has 0 aliphatic heterocycles. The summed E-state index contributed by atoms with van der Waals surface area (Å²) in [5.41, 5.74) is -1.38. The van der Waals surface area contributed by atoms with E-state index in [4.69, 9.17) is 10.2 Å². The highest BCUT2D eigenvalue weighted by atomic mass is 16.4. The normalized spacial score (nSPS) is 14.9. The van der Waals surface area contributed by atoms with Crippen LogP contribution in [0.15, 0.2) is 0 Å². The lowest BCUT2D eigenvalue weighted by molar-refractivity contribution is -0.146. The summed E-state index contributed by atoms with van der Waals surface area (Å²) in [5.74, 6) is -2.15. The largest absolute Gasteiger partial charge is 0.481 e. The molecule has 0 radical (unpaired) electrons. The molecule has 0 aliphatic carbocycles. The van der Waals surface area contributed by atoms with Crippen LogP contribution in [0.1, 0.15) is 32.6 Å². The molecule has 1 atom stereocenters. The van der Waals surface area contributed by atoms with Gasteiger partial charge in [-0.05, 0) is 12.8 Å². The third kappa shape index (κ3) is 5.19.